The number of hydrogen-bond acceptors (Lipinski definition) is 6. The van der Waals surface area contributed by atoms with Gasteiger partial charge in [-0.2, -0.15) is 0 Å². The van der Waals surface area contributed by atoms with E-state index in [-0.39, 0.29) is 18.5 Å². The summed E-state index contributed by atoms with van der Waals surface area (Å²) in [6.07, 6.45) is 0.554. The van der Waals surface area contributed by atoms with E-state index in [0.717, 1.165) is 27.6 Å². The molecule has 3 aromatic rings. The van der Waals surface area contributed by atoms with E-state index in [1.165, 1.54) is 11.3 Å². The molecule has 0 radical (unpaired) electrons. The smallest absolute Gasteiger partial charge is 0.313 e. The van der Waals surface area contributed by atoms with Crippen LogP contribution in [0.2, 0.25) is 5.02 Å². The summed E-state index contributed by atoms with van der Waals surface area (Å²) < 4.78 is 16.5. The van der Waals surface area contributed by atoms with Gasteiger partial charge in [0.1, 0.15) is 29.7 Å². The largest absolute Gasteiger partial charge is 0.496 e. The highest BCUT2D eigenvalue weighted by molar-refractivity contribution is 7.13. The number of rotatable bonds is 5. The summed E-state index contributed by atoms with van der Waals surface area (Å²) in [5, 5.41) is 3.34. The SMILES string of the molecule is COc1ccccc1-c1nc(COC(=O)C2COc3ccc(Cl)cc3C2)cs1. The molecule has 1 aliphatic heterocycles. The molecule has 2 aromatic carbocycles. The first-order valence-electron chi connectivity index (χ1n) is 8.79. The minimum absolute atomic E-state index is 0.128. The molecular weight excluding hydrogens is 398 g/mol. The number of thiazole rings is 1. The molecule has 0 saturated heterocycles. The van der Waals surface area contributed by atoms with E-state index >= 15 is 0 Å². The summed E-state index contributed by atoms with van der Waals surface area (Å²) in [6.45, 7) is 0.431. The lowest BCUT2D eigenvalue weighted by molar-refractivity contribution is -0.151. The molecule has 1 aromatic heterocycles. The van der Waals surface area contributed by atoms with Crippen molar-refractivity contribution >= 4 is 28.9 Å². The van der Waals surface area contributed by atoms with Crippen molar-refractivity contribution in [2.24, 2.45) is 5.92 Å². The summed E-state index contributed by atoms with van der Waals surface area (Å²) in [4.78, 5) is 17.0. The van der Waals surface area contributed by atoms with Gasteiger partial charge in [-0.1, -0.05) is 23.7 Å². The number of hydrogen-bond donors (Lipinski definition) is 0. The van der Waals surface area contributed by atoms with E-state index < -0.39 is 0 Å². The Kier molecular flexibility index (Phi) is 5.50. The monoisotopic (exact) mass is 415 g/mol. The molecule has 0 spiro atoms. The van der Waals surface area contributed by atoms with Gasteiger partial charge in [-0.05, 0) is 42.3 Å². The van der Waals surface area contributed by atoms with Gasteiger partial charge in [-0.3, -0.25) is 4.79 Å². The average molecular weight is 416 g/mol. The van der Waals surface area contributed by atoms with Crippen LogP contribution < -0.4 is 9.47 Å². The van der Waals surface area contributed by atoms with Crippen LogP contribution in [-0.4, -0.2) is 24.7 Å². The number of aromatic nitrogens is 1. The van der Waals surface area contributed by atoms with Gasteiger partial charge in [-0.25, -0.2) is 4.98 Å². The standard InChI is InChI=1S/C21H18ClNO4S/c1-25-19-5-3-2-4-17(19)20-23-16(12-28-20)11-27-21(24)14-8-13-9-15(22)6-7-18(13)26-10-14/h2-7,9,12,14H,8,10-11H2,1H3. The maximum absolute atomic E-state index is 12.5. The van der Waals surface area contributed by atoms with Crippen molar-refractivity contribution in [1.29, 1.82) is 0 Å². The van der Waals surface area contributed by atoms with Gasteiger partial charge in [0.05, 0.1) is 24.3 Å². The van der Waals surface area contributed by atoms with E-state index in [2.05, 4.69) is 4.98 Å². The lowest BCUT2D eigenvalue weighted by Gasteiger charge is -2.24. The Morgan fingerprint density at radius 1 is 1.32 bits per heavy atom. The van der Waals surface area contributed by atoms with Crippen LogP contribution in [0.3, 0.4) is 0 Å². The Bertz CT molecular complexity index is 1000. The highest BCUT2D eigenvalue weighted by atomic mass is 35.5. The number of carbonyl (C=O) groups excluding carboxylic acids is 1. The number of ether oxygens (including phenoxy) is 3. The van der Waals surface area contributed by atoms with Crippen molar-refractivity contribution in [1.82, 2.24) is 4.98 Å². The molecule has 4 rings (SSSR count). The zero-order valence-corrected chi connectivity index (χ0v) is 16.8. The summed E-state index contributed by atoms with van der Waals surface area (Å²) in [5.74, 6) is 0.891. The van der Waals surface area contributed by atoms with Crippen LogP contribution in [0, 0.1) is 5.92 Å². The predicted molar refractivity (Wildman–Crippen MR) is 108 cm³/mol. The molecule has 0 N–H and O–H groups in total. The lowest BCUT2D eigenvalue weighted by Crippen LogP contribution is -2.29. The van der Waals surface area contributed by atoms with Gasteiger partial charge in [0.25, 0.3) is 0 Å². The Morgan fingerprint density at radius 3 is 3.04 bits per heavy atom. The summed E-state index contributed by atoms with van der Waals surface area (Å²) in [6, 6.07) is 13.1. The minimum atomic E-state index is -0.349. The predicted octanol–water partition coefficient (Wildman–Crippen LogP) is 4.77. The fraction of sp³-hybridized carbons (Fsp3) is 0.238. The number of benzene rings is 2. The molecule has 7 heteroatoms. The Hall–Kier alpha value is -2.57. The molecular formula is C21H18ClNO4S. The summed E-state index contributed by atoms with van der Waals surface area (Å²) in [7, 11) is 1.63. The van der Waals surface area contributed by atoms with Crippen LogP contribution in [0.1, 0.15) is 11.3 Å². The van der Waals surface area contributed by atoms with E-state index in [1.54, 1.807) is 13.2 Å². The normalized spacial score (nSPS) is 15.4. The molecule has 0 aliphatic carbocycles. The highest BCUT2D eigenvalue weighted by Gasteiger charge is 2.27. The number of nitrogens with zero attached hydrogens (tertiary/aromatic N) is 1. The molecule has 0 fully saturated rings. The zero-order chi connectivity index (χ0) is 19.5. The second-order valence-electron chi connectivity index (χ2n) is 6.42. The summed E-state index contributed by atoms with van der Waals surface area (Å²) in [5.41, 5.74) is 2.55. The van der Waals surface area contributed by atoms with Crippen LogP contribution in [0.5, 0.6) is 11.5 Å². The van der Waals surface area contributed by atoms with Crippen molar-refractivity contribution in [3.63, 3.8) is 0 Å². The number of methoxy groups -OCH3 is 1. The molecule has 0 saturated carbocycles. The van der Waals surface area contributed by atoms with Crippen molar-refractivity contribution in [2.45, 2.75) is 13.0 Å². The fourth-order valence-corrected chi connectivity index (χ4v) is 4.12. The lowest BCUT2D eigenvalue weighted by atomic mass is 9.97. The van der Waals surface area contributed by atoms with Crippen molar-refractivity contribution < 1.29 is 19.0 Å². The second kappa shape index (κ2) is 8.20. The zero-order valence-electron chi connectivity index (χ0n) is 15.2. The van der Waals surface area contributed by atoms with Crippen molar-refractivity contribution in [2.75, 3.05) is 13.7 Å². The number of carbonyl (C=O) groups is 1. The topological polar surface area (TPSA) is 57.7 Å². The number of halogens is 1. The second-order valence-corrected chi connectivity index (χ2v) is 7.71. The maximum Gasteiger partial charge on any atom is 0.313 e. The van der Waals surface area contributed by atoms with E-state index in [0.29, 0.717) is 23.7 Å². The molecule has 0 amide bonds. The minimum Gasteiger partial charge on any atom is -0.496 e. The molecule has 1 atom stereocenters. The van der Waals surface area contributed by atoms with Gasteiger partial charge < -0.3 is 14.2 Å². The highest BCUT2D eigenvalue weighted by Crippen LogP contribution is 2.33. The third kappa shape index (κ3) is 3.98. The molecule has 2 heterocycles. The van der Waals surface area contributed by atoms with Gasteiger partial charge in [0.2, 0.25) is 0 Å². The first-order chi connectivity index (χ1) is 13.6. The van der Waals surface area contributed by atoms with Gasteiger partial charge in [0, 0.05) is 10.4 Å². The number of fused-ring (bicyclic) bond motifs is 1. The van der Waals surface area contributed by atoms with Crippen LogP contribution in [0.15, 0.2) is 47.8 Å². The Balaban J connectivity index is 1.39. The Labute approximate surface area is 171 Å². The van der Waals surface area contributed by atoms with Crippen LogP contribution >= 0.6 is 22.9 Å². The molecule has 1 unspecified atom stereocenters. The molecule has 1 aliphatic rings. The number of para-hydroxylation sites is 1. The average Bonchev–Trinajstić information content (AvgIpc) is 3.20. The molecule has 5 nitrogen and oxygen atoms in total. The van der Waals surface area contributed by atoms with E-state index in [1.807, 2.05) is 41.8 Å². The van der Waals surface area contributed by atoms with Crippen LogP contribution in [-0.2, 0) is 22.6 Å². The summed E-state index contributed by atoms with van der Waals surface area (Å²) >= 11 is 7.52. The van der Waals surface area contributed by atoms with Crippen molar-refractivity contribution in [3.8, 4) is 22.1 Å². The van der Waals surface area contributed by atoms with Crippen molar-refractivity contribution in [3.05, 3.63) is 64.1 Å². The molecule has 28 heavy (non-hydrogen) atoms. The van der Waals surface area contributed by atoms with E-state index in [4.69, 9.17) is 25.8 Å². The Morgan fingerprint density at radius 2 is 2.18 bits per heavy atom. The fourth-order valence-electron chi connectivity index (χ4n) is 3.10. The third-order valence-electron chi connectivity index (χ3n) is 4.51. The molecule has 144 valence electrons. The van der Waals surface area contributed by atoms with Crippen LogP contribution in [0.25, 0.3) is 10.6 Å². The van der Waals surface area contributed by atoms with Crippen LogP contribution in [0.4, 0.5) is 0 Å². The van der Waals surface area contributed by atoms with Gasteiger partial charge in [-0.15, -0.1) is 11.3 Å². The first kappa shape index (κ1) is 18.8. The van der Waals surface area contributed by atoms with E-state index in [9.17, 15) is 4.79 Å². The maximum atomic E-state index is 12.5. The number of esters is 1. The first-order valence-corrected chi connectivity index (χ1v) is 10.1. The van der Waals surface area contributed by atoms with Gasteiger partial charge in [0.15, 0.2) is 0 Å². The van der Waals surface area contributed by atoms with Gasteiger partial charge >= 0.3 is 5.97 Å². The third-order valence-corrected chi connectivity index (χ3v) is 5.67. The quantitative estimate of drug-likeness (QED) is 0.562. The molecule has 0 bridgehead atoms.